The summed E-state index contributed by atoms with van der Waals surface area (Å²) in [6.07, 6.45) is 0.859. The zero-order valence-corrected chi connectivity index (χ0v) is 13.8. The van der Waals surface area contributed by atoms with Crippen LogP contribution < -0.4 is 0 Å². The molecule has 0 atom stereocenters. The van der Waals surface area contributed by atoms with E-state index in [-0.39, 0.29) is 5.82 Å². The Morgan fingerprint density at radius 3 is 2.48 bits per heavy atom. The molecule has 3 rings (SSSR count). The summed E-state index contributed by atoms with van der Waals surface area (Å²) in [6.45, 7) is 2.80. The zero-order valence-electron chi connectivity index (χ0n) is 12.9. The van der Waals surface area contributed by atoms with Crippen molar-refractivity contribution < 1.29 is 4.39 Å². The highest BCUT2D eigenvalue weighted by Crippen LogP contribution is 2.26. The van der Waals surface area contributed by atoms with Gasteiger partial charge in [0.25, 0.3) is 0 Å². The number of hydrogen-bond acceptors (Lipinski definition) is 3. The van der Waals surface area contributed by atoms with E-state index in [0.717, 1.165) is 23.9 Å². The van der Waals surface area contributed by atoms with Crippen molar-refractivity contribution in [2.75, 3.05) is 5.75 Å². The Hall–Kier alpha value is -2.14. The van der Waals surface area contributed by atoms with Crippen LogP contribution in [0.25, 0.3) is 11.4 Å². The van der Waals surface area contributed by atoms with Gasteiger partial charge in [0, 0.05) is 6.54 Å². The SMILES string of the molecule is CCSc1nnc(-c2ccccc2F)n1CCc1ccccc1. The Kier molecular flexibility index (Phi) is 5.08. The van der Waals surface area contributed by atoms with Crippen molar-refractivity contribution in [3.63, 3.8) is 0 Å². The van der Waals surface area contributed by atoms with Crippen LogP contribution in [0.5, 0.6) is 0 Å². The normalized spacial score (nSPS) is 10.9. The van der Waals surface area contributed by atoms with Crippen molar-refractivity contribution in [1.29, 1.82) is 0 Å². The number of aryl methyl sites for hydroxylation is 1. The maximum atomic E-state index is 14.1. The Morgan fingerprint density at radius 2 is 1.74 bits per heavy atom. The fraction of sp³-hybridized carbons (Fsp3) is 0.222. The molecule has 3 nitrogen and oxygen atoms in total. The molecule has 0 fully saturated rings. The molecule has 0 aliphatic carbocycles. The second kappa shape index (κ2) is 7.42. The first-order valence-electron chi connectivity index (χ1n) is 7.64. The van der Waals surface area contributed by atoms with Crippen LogP contribution in [-0.4, -0.2) is 20.5 Å². The highest BCUT2D eigenvalue weighted by Gasteiger charge is 2.16. The fourth-order valence-electron chi connectivity index (χ4n) is 2.45. The molecule has 0 bridgehead atoms. The van der Waals surface area contributed by atoms with E-state index in [2.05, 4.69) is 29.3 Å². The van der Waals surface area contributed by atoms with Crippen molar-refractivity contribution >= 4 is 11.8 Å². The summed E-state index contributed by atoms with van der Waals surface area (Å²) in [5, 5.41) is 9.31. The Morgan fingerprint density at radius 1 is 1.00 bits per heavy atom. The molecule has 0 saturated carbocycles. The molecule has 118 valence electrons. The largest absolute Gasteiger partial charge is 0.302 e. The minimum atomic E-state index is -0.270. The van der Waals surface area contributed by atoms with Crippen molar-refractivity contribution in [1.82, 2.24) is 14.8 Å². The van der Waals surface area contributed by atoms with Gasteiger partial charge in [0.15, 0.2) is 11.0 Å². The van der Waals surface area contributed by atoms with Gasteiger partial charge >= 0.3 is 0 Å². The van der Waals surface area contributed by atoms with Gasteiger partial charge in [-0.15, -0.1) is 10.2 Å². The van der Waals surface area contributed by atoms with Crippen LogP contribution in [-0.2, 0) is 13.0 Å². The van der Waals surface area contributed by atoms with E-state index < -0.39 is 0 Å². The molecular weight excluding hydrogens is 309 g/mol. The molecule has 23 heavy (non-hydrogen) atoms. The predicted octanol–water partition coefficient (Wildman–Crippen LogP) is 4.44. The second-order valence-electron chi connectivity index (χ2n) is 5.11. The lowest BCUT2D eigenvalue weighted by Crippen LogP contribution is -2.06. The molecular formula is C18H18FN3S. The maximum Gasteiger partial charge on any atom is 0.191 e. The number of hydrogen-bond donors (Lipinski definition) is 0. The van der Waals surface area contributed by atoms with Crippen molar-refractivity contribution in [3.05, 3.63) is 66.0 Å². The van der Waals surface area contributed by atoms with Gasteiger partial charge in [0.1, 0.15) is 5.82 Å². The van der Waals surface area contributed by atoms with Crippen LogP contribution in [0.1, 0.15) is 12.5 Å². The summed E-state index contributed by atoms with van der Waals surface area (Å²) >= 11 is 1.63. The molecule has 1 aromatic heterocycles. The first-order valence-corrected chi connectivity index (χ1v) is 8.63. The molecule has 0 saturated heterocycles. The lowest BCUT2D eigenvalue weighted by molar-refractivity contribution is 0.616. The fourth-order valence-corrected chi connectivity index (χ4v) is 3.14. The molecule has 0 spiro atoms. The highest BCUT2D eigenvalue weighted by molar-refractivity contribution is 7.99. The number of thioether (sulfide) groups is 1. The standard InChI is InChI=1S/C18H18FN3S/c1-2-23-18-21-20-17(15-10-6-7-11-16(15)19)22(18)13-12-14-8-4-3-5-9-14/h3-11H,2,12-13H2,1H3. The number of rotatable bonds is 6. The molecule has 0 N–H and O–H groups in total. The van der Waals surface area contributed by atoms with Crippen LogP contribution in [0.3, 0.4) is 0 Å². The van der Waals surface area contributed by atoms with E-state index >= 15 is 0 Å². The predicted molar refractivity (Wildman–Crippen MR) is 92.0 cm³/mol. The first kappa shape index (κ1) is 15.7. The zero-order chi connectivity index (χ0) is 16.1. The van der Waals surface area contributed by atoms with Gasteiger partial charge in [0.05, 0.1) is 5.56 Å². The van der Waals surface area contributed by atoms with Gasteiger partial charge in [-0.05, 0) is 29.9 Å². The number of halogens is 1. The minimum absolute atomic E-state index is 0.270. The third-order valence-electron chi connectivity index (χ3n) is 3.57. The lowest BCUT2D eigenvalue weighted by Gasteiger charge is -2.10. The topological polar surface area (TPSA) is 30.7 Å². The lowest BCUT2D eigenvalue weighted by atomic mass is 10.1. The second-order valence-corrected chi connectivity index (χ2v) is 6.34. The van der Waals surface area contributed by atoms with E-state index in [1.54, 1.807) is 23.9 Å². The van der Waals surface area contributed by atoms with Gasteiger partial charge < -0.3 is 4.57 Å². The van der Waals surface area contributed by atoms with E-state index in [4.69, 9.17) is 0 Å². The van der Waals surface area contributed by atoms with Crippen molar-refractivity contribution in [3.8, 4) is 11.4 Å². The van der Waals surface area contributed by atoms with E-state index in [1.165, 1.54) is 11.6 Å². The van der Waals surface area contributed by atoms with Crippen LogP contribution in [0.4, 0.5) is 4.39 Å². The molecule has 0 aliphatic heterocycles. The summed E-state index contributed by atoms with van der Waals surface area (Å²) in [4.78, 5) is 0. The molecule has 0 aliphatic rings. The maximum absolute atomic E-state index is 14.1. The van der Waals surface area contributed by atoms with Crippen LogP contribution >= 0.6 is 11.8 Å². The van der Waals surface area contributed by atoms with Crippen molar-refractivity contribution in [2.24, 2.45) is 0 Å². The highest BCUT2D eigenvalue weighted by atomic mass is 32.2. The summed E-state index contributed by atoms with van der Waals surface area (Å²) in [5.74, 6) is 1.23. The van der Waals surface area contributed by atoms with Gasteiger partial charge in [-0.2, -0.15) is 0 Å². The van der Waals surface area contributed by atoms with Crippen molar-refractivity contribution in [2.45, 2.75) is 25.0 Å². The number of benzene rings is 2. The molecule has 0 unspecified atom stereocenters. The van der Waals surface area contributed by atoms with Gasteiger partial charge in [-0.3, -0.25) is 0 Å². The number of nitrogens with zero attached hydrogens (tertiary/aromatic N) is 3. The van der Waals surface area contributed by atoms with Crippen LogP contribution in [0, 0.1) is 5.82 Å². The Bertz CT molecular complexity index is 771. The number of aromatic nitrogens is 3. The summed E-state index contributed by atoms with van der Waals surface area (Å²) < 4.78 is 16.1. The summed E-state index contributed by atoms with van der Waals surface area (Å²) in [6, 6.07) is 17.0. The molecule has 0 radical (unpaired) electrons. The summed E-state index contributed by atoms with van der Waals surface area (Å²) in [5.41, 5.74) is 1.74. The monoisotopic (exact) mass is 327 g/mol. The van der Waals surface area contributed by atoms with Gasteiger partial charge in [-0.1, -0.05) is 61.2 Å². The molecule has 5 heteroatoms. The third kappa shape index (κ3) is 3.62. The Labute approximate surface area is 139 Å². The van der Waals surface area contributed by atoms with Gasteiger partial charge in [0.2, 0.25) is 0 Å². The quantitative estimate of drug-likeness (QED) is 0.627. The molecule has 0 amide bonds. The van der Waals surface area contributed by atoms with Gasteiger partial charge in [-0.25, -0.2) is 4.39 Å². The summed E-state index contributed by atoms with van der Waals surface area (Å²) in [7, 11) is 0. The van der Waals surface area contributed by atoms with E-state index in [1.807, 2.05) is 28.8 Å². The average Bonchev–Trinajstić information content (AvgIpc) is 2.97. The van der Waals surface area contributed by atoms with E-state index in [9.17, 15) is 4.39 Å². The third-order valence-corrected chi connectivity index (χ3v) is 4.42. The molecule has 2 aromatic carbocycles. The van der Waals surface area contributed by atoms with Crippen LogP contribution in [0.15, 0.2) is 59.8 Å². The van der Waals surface area contributed by atoms with Crippen LogP contribution in [0.2, 0.25) is 0 Å². The Balaban J connectivity index is 1.93. The smallest absolute Gasteiger partial charge is 0.191 e. The average molecular weight is 327 g/mol. The first-order chi connectivity index (χ1) is 11.3. The van der Waals surface area contributed by atoms with E-state index in [0.29, 0.717) is 11.4 Å². The molecule has 3 aromatic rings. The minimum Gasteiger partial charge on any atom is -0.302 e. The molecule has 1 heterocycles.